The number of aryl methyl sites for hydroxylation is 3. The highest BCUT2D eigenvalue weighted by Crippen LogP contribution is 2.33. The molecule has 0 unspecified atom stereocenters. The molecule has 0 bridgehead atoms. The van der Waals surface area contributed by atoms with Gasteiger partial charge in [0.1, 0.15) is 7.05 Å². The summed E-state index contributed by atoms with van der Waals surface area (Å²) in [6.45, 7) is 6.60. The van der Waals surface area contributed by atoms with E-state index in [9.17, 15) is 0 Å². The van der Waals surface area contributed by atoms with Crippen molar-refractivity contribution < 1.29 is 4.57 Å². The molecule has 4 rings (SSSR count). The van der Waals surface area contributed by atoms with Crippen molar-refractivity contribution in [3.05, 3.63) is 102 Å². The van der Waals surface area contributed by atoms with Crippen molar-refractivity contribution in [2.24, 2.45) is 7.05 Å². The van der Waals surface area contributed by atoms with E-state index in [0.29, 0.717) is 0 Å². The summed E-state index contributed by atoms with van der Waals surface area (Å²) in [5.74, 6) is 0. The van der Waals surface area contributed by atoms with Crippen molar-refractivity contribution in [2.45, 2.75) is 20.8 Å². The standard InChI is InChI=1S/C27H26N/c1-19-15-20(2)27(21(3)16-19)24-17-25(22-11-7-5-8-12-22)28(4)26(18-24)23-13-9-6-10-14-23/h5-18H,1-4H3/q+1. The van der Waals surface area contributed by atoms with Crippen LogP contribution in [0.2, 0.25) is 0 Å². The molecule has 1 heterocycles. The Morgan fingerprint density at radius 3 is 1.39 bits per heavy atom. The van der Waals surface area contributed by atoms with Crippen LogP contribution in [-0.2, 0) is 7.05 Å². The molecular formula is C27H26N+. The van der Waals surface area contributed by atoms with Gasteiger partial charge in [-0.05, 0) is 67.3 Å². The topological polar surface area (TPSA) is 3.88 Å². The second kappa shape index (κ2) is 7.44. The molecule has 0 spiro atoms. The predicted octanol–water partition coefficient (Wildman–Crippen LogP) is 6.44. The van der Waals surface area contributed by atoms with Crippen LogP contribution < -0.4 is 4.57 Å². The minimum absolute atomic E-state index is 1.22. The molecule has 0 amide bonds. The van der Waals surface area contributed by atoms with Gasteiger partial charge in [-0.1, -0.05) is 54.1 Å². The summed E-state index contributed by atoms with van der Waals surface area (Å²) < 4.78 is 2.30. The van der Waals surface area contributed by atoms with Crippen LogP contribution in [-0.4, -0.2) is 0 Å². The third-order valence-electron chi connectivity index (χ3n) is 5.41. The van der Waals surface area contributed by atoms with E-state index in [1.54, 1.807) is 0 Å². The number of pyridine rings is 1. The lowest BCUT2D eigenvalue weighted by molar-refractivity contribution is -0.649. The van der Waals surface area contributed by atoms with Crippen molar-refractivity contribution >= 4 is 0 Å². The smallest absolute Gasteiger partial charge is 0.194 e. The van der Waals surface area contributed by atoms with Gasteiger partial charge in [0.05, 0.1) is 0 Å². The largest absolute Gasteiger partial charge is 0.213 e. The maximum absolute atomic E-state index is 2.33. The summed E-state index contributed by atoms with van der Waals surface area (Å²) in [6, 6.07) is 30.5. The molecular weight excluding hydrogens is 338 g/mol. The molecule has 0 aliphatic heterocycles. The molecule has 1 heteroatoms. The number of benzene rings is 3. The van der Waals surface area contributed by atoms with Crippen LogP contribution in [0, 0.1) is 20.8 Å². The average molecular weight is 365 g/mol. The Bertz CT molecular complexity index is 1040. The SMILES string of the molecule is Cc1cc(C)c(-c2cc(-c3ccccc3)[n+](C)c(-c3ccccc3)c2)c(C)c1. The lowest BCUT2D eigenvalue weighted by Crippen LogP contribution is -2.34. The Labute approximate surface area is 167 Å². The summed E-state index contributed by atoms with van der Waals surface area (Å²) in [7, 11) is 2.16. The third-order valence-corrected chi connectivity index (χ3v) is 5.41. The first kappa shape index (κ1) is 18.2. The van der Waals surface area contributed by atoms with Gasteiger partial charge in [0, 0.05) is 23.3 Å². The number of rotatable bonds is 3. The molecule has 0 saturated carbocycles. The van der Waals surface area contributed by atoms with E-state index in [-0.39, 0.29) is 0 Å². The molecule has 138 valence electrons. The van der Waals surface area contributed by atoms with Crippen molar-refractivity contribution in [1.82, 2.24) is 0 Å². The first-order chi connectivity index (χ1) is 13.5. The monoisotopic (exact) mass is 364 g/mol. The fourth-order valence-electron chi connectivity index (χ4n) is 4.21. The molecule has 0 aliphatic carbocycles. The van der Waals surface area contributed by atoms with Crippen LogP contribution in [0.5, 0.6) is 0 Å². The fourth-order valence-corrected chi connectivity index (χ4v) is 4.21. The number of hydrogen-bond acceptors (Lipinski definition) is 0. The molecule has 4 aromatic rings. The van der Waals surface area contributed by atoms with Gasteiger partial charge in [0.25, 0.3) is 0 Å². The second-order valence-corrected chi connectivity index (χ2v) is 7.58. The highest BCUT2D eigenvalue weighted by atomic mass is 14.9. The molecule has 28 heavy (non-hydrogen) atoms. The fraction of sp³-hybridized carbons (Fsp3) is 0.148. The summed E-state index contributed by atoms with van der Waals surface area (Å²) in [5, 5.41) is 0. The Balaban J connectivity index is 2.03. The molecule has 0 atom stereocenters. The number of aromatic nitrogens is 1. The zero-order valence-corrected chi connectivity index (χ0v) is 17.0. The van der Waals surface area contributed by atoms with E-state index >= 15 is 0 Å². The Hall–Kier alpha value is -3.19. The average Bonchev–Trinajstić information content (AvgIpc) is 2.69. The van der Waals surface area contributed by atoms with Gasteiger partial charge < -0.3 is 0 Å². The van der Waals surface area contributed by atoms with E-state index in [1.165, 1.54) is 50.3 Å². The van der Waals surface area contributed by atoms with Crippen molar-refractivity contribution in [3.63, 3.8) is 0 Å². The summed E-state index contributed by atoms with van der Waals surface area (Å²) >= 11 is 0. The van der Waals surface area contributed by atoms with E-state index in [4.69, 9.17) is 0 Å². The molecule has 3 aromatic carbocycles. The predicted molar refractivity (Wildman–Crippen MR) is 118 cm³/mol. The van der Waals surface area contributed by atoms with E-state index in [1.807, 2.05) is 0 Å². The molecule has 0 saturated heterocycles. The van der Waals surface area contributed by atoms with Crippen molar-refractivity contribution in [1.29, 1.82) is 0 Å². The summed E-state index contributed by atoms with van der Waals surface area (Å²) in [4.78, 5) is 0. The summed E-state index contributed by atoms with van der Waals surface area (Å²) in [6.07, 6.45) is 0. The van der Waals surface area contributed by atoms with Gasteiger partial charge in [0.15, 0.2) is 0 Å². The van der Waals surface area contributed by atoms with E-state index < -0.39 is 0 Å². The highest BCUT2D eigenvalue weighted by Gasteiger charge is 2.20. The lowest BCUT2D eigenvalue weighted by atomic mass is 9.92. The van der Waals surface area contributed by atoms with Crippen LogP contribution in [0.1, 0.15) is 16.7 Å². The third kappa shape index (κ3) is 3.36. The second-order valence-electron chi connectivity index (χ2n) is 7.58. The van der Waals surface area contributed by atoms with Gasteiger partial charge in [-0.25, -0.2) is 0 Å². The number of nitrogens with zero attached hydrogens (tertiary/aromatic N) is 1. The Morgan fingerprint density at radius 1 is 0.536 bits per heavy atom. The van der Waals surface area contributed by atoms with Gasteiger partial charge >= 0.3 is 0 Å². The molecule has 1 aromatic heterocycles. The summed E-state index contributed by atoms with van der Waals surface area (Å²) in [5.41, 5.74) is 11.5. The van der Waals surface area contributed by atoms with Gasteiger partial charge in [0.2, 0.25) is 11.4 Å². The minimum atomic E-state index is 1.22. The van der Waals surface area contributed by atoms with E-state index in [2.05, 4.69) is 117 Å². The van der Waals surface area contributed by atoms with Crippen LogP contribution in [0.4, 0.5) is 0 Å². The zero-order chi connectivity index (χ0) is 19.7. The first-order valence-corrected chi connectivity index (χ1v) is 9.78. The maximum Gasteiger partial charge on any atom is 0.213 e. The highest BCUT2D eigenvalue weighted by molar-refractivity contribution is 5.77. The lowest BCUT2D eigenvalue weighted by Gasteiger charge is -2.14. The van der Waals surface area contributed by atoms with Crippen LogP contribution in [0.3, 0.4) is 0 Å². The van der Waals surface area contributed by atoms with Gasteiger partial charge in [-0.3, -0.25) is 0 Å². The minimum Gasteiger partial charge on any atom is -0.194 e. The van der Waals surface area contributed by atoms with Crippen molar-refractivity contribution in [3.8, 4) is 33.6 Å². The molecule has 0 aliphatic rings. The van der Waals surface area contributed by atoms with Crippen LogP contribution in [0.15, 0.2) is 84.9 Å². The zero-order valence-electron chi connectivity index (χ0n) is 17.0. The normalized spacial score (nSPS) is 10.9. The van der Waals surface area contributed by atoms with E-state index in [0.717, 1.165) is 0 Å². The Kier molecular flexibility index (Phi) is 4.83. The molecule has 1 nitrogen and oxygen atoms in total. The van der Waals surface area contributed by atoms with Crippen LogP contribution in [0.25, 0.3) is 33.6 Å². The maximum atomic E-state index is 2.33. The quantitative estimate of drug-likeness (QED) is 0.368. The molecule has 0 N–H and O–H groups in total. The molecule has 0 fully saturated rings. The van der Waals surface area contributed by atoms with Gasteiger partial charge in [-0.2, -0.15) is 4.57 Å². The first-order valence-electron chi connectivity index (χ1n) is 9.78. The van der Waals surface area contributed by atoms with Crippen LogP contribution >= 0.6 is 0 Å². The van der Waals surface area contributed by atoms with Gasteiger partial charge in [-0.15, -0.1) is 0 Å². The van der Waals surface area contributed by atoms with Crippen molar-refractivity contribution in [2.75, 3.05) is 0 Å². The Morgan fingerprint density at radius 2 is 0.964 bits per heavy atom. The molecule has 0 radical (unpaired) electrons. The number of hydrogen-bond donors (Lipinski definition) is 0.